The third-order valence-corrected chi connectivity index (χ3v) is 4.39. The van der Waals surface area contributed by atoms with Crippen LogP contribution in [0.25, 0.3) is 0 Å². The third kappa shape index (κ3) is 4.00. The lowest BCUT2D eigenvalue weighted by molar-refractivity contribution is -0.128. The van der Waals surface area contributed by atoms with Crippen LogP contribution in [0.2, 0.25) is 0 Å². The van der Waals surface area contributed by atoms with Crippen molar-refractivity contribution in [2.75, 3.05) is 38.2 Å². The van der Waals surface area contributed by atoms with Crippen LogP contribution in [0.4, 0.5) is 0 Å². The summed E-state index contributed by atoms with van der Waals surface area (Å²) in [6, 6.07) is 3.72. The third-order valence-electron chi connectivity index (χ3n) is 3.86. The van der Waals surface area contributed by atoms with Gasteiger partial charge in [0.25, 0.3) is 5.91 Å². The predicted molar refractivity (Wildman–Crippen MR) is 89.2 cm³/mol. The van der Waals surface area contributed by atoms with E-state index in [1.807, 2.05) is 42.0 Å². The van der Waals surface area contributed by atoms with E-state index in [4.69, 9.17) is 0 Å². The highest BCUT2D eigenvalue weighted by molar-refractivity contribution is 7.99. The van der Waals surface area contributed by atoms with Gasteiger partial charge in [0.2, 0.25) is 5.91 Å². The maximum absolute atomic E-state index is 12.7. The van der Waals surface area contributed by atoms with Crippen molar-refractivity contribution in [2.24, 2.45) is 0 Å². The molecular formula is C16H23N3O2S. The topological polar surface area (TPSA) is 53.5 Å². The number of hydrogen-bond donors (Lipinski definition) is 0. The van der Waals surface area contributed by atoms with Gasteiger partial charge in [0.15, 0.2) is 0 Å². The summed E-state index contributed by atoms with van der Waals surface area (Å²) in [5.41, 5.74) is 2.35. The summed E-state index contributed by atoms with van der Waals surface area (Å²) in [6.45, 7) is 6.41. The summed E-state index contributed by atoms with van der Waals surface area (Å²) in [5.74, 6) is 0.689. The van der Waals surface area contributed by atoms with Crippen LogP contribution >= 0.6 is 11.8 Å². The fraction of sp³-hybridized carbons (Fsp3) is 0.562. The normalized spacial score (nSPS) is 15.6. The zero-order valence-corrected chi connectivity index (χ0v) is 14.3. The Morgan fingerprint density at radius 1 is 1.14 bits per heavy atom. The van der Waals surface area contributed by atoms with E-state index in [1.165, 1.54) is 11.8 Å². The van der Waals surface area contributed by atoms with E-state index in [0.29, 0.717) is 31.0 Å². The molecule has 0 radical (unpaired) electrons. The Balaban J connectivity index is 2.04. The largest absolute Gasteiger partial charge is 0.340 e. The molecule has 2 rings (SSSR count). The number of aromatic nitrogens is 1. The average molecular weight is 321 g/mol. The van der Waals surface area contributed by atoms with Crippen LogP contribution in [0.15, 0.2) is 12.1 Å². The molecule has 0 spiro atoms. The molecule has 1 fully saturated rings. The lowest BCUT2D eigenvalue weighted by Gasteiger charge is -2.22. The van der Waals surface area contributed by atoms with E-state index in [1.54, 1.807) is 0 Å². The van der Waals surface area contributed by atoms with E-state index in [9.17, 15) is 9.59 Å². The fourth-order valence-electron chi connectivity index (χ4n) is 2.67. The highest BCUT2D eigenvalue weighted by Gasteiger charge is 2.23. The van der Waals surface area contributed by atoms with Crippen LogP contribution in [0.3, 0.4) is 0 Å². The summed E-state index contributed by atoms with van der Waals surface area (Å²) in [7, 11) is 0. The molecule has 2 amide bonds. The number of aryl methyl sites for hydroxylation is 2. The van der Waals surface area contributed by atoms with Crippen molar-refractivity contribution in [3.63, 3.8) is 0 Å². The molecular weight excluding hydrogens is 298 g/mol. The first-order chi connectivity index (χ1) is 10.5. The Labute approximate surface area is 136 Å². The maximum atomic E-state index is 12.7. The van der Waals surface area contributed by atoms with Crippen molar-refractivity contribution >= 4 is 23.6 Å². The van der Waals surface area contributed by atoms with E-state index in [-0.39, 0.29) is 11.8 Å². The van der Waals surface area contributed by atoms with Crippen molar-refractivity contribution in [2.45, 2.75) is 20.3 Å². The molecule has 1 aliphatic rings. The molecule has 1 aromatic heterocycles. The quantitative estimate of drug-likeness (QED) is 0.851. The molecule has 0 bridgehead atoms. The first kappa shape index (κ1) is 16.8. The van der Waals surface area contributed by atoms with Gasteiger partial charge in [-0.15, -0.1) is 0 Å². The number of amides is 2. The highest BCUT2D eigenvalue weighted by Crippen LogP contribution is 2.13. The summed E-state index contributed by atoms with van der Waals surface area (Å²) < 4.78 is 0. The van der Waals surface area contributed by atoms with Gasteiger partial charge in [-0.25, -0.2) is 0 Å². The van der Waals surface area contributed by atoms with Crippen molar-refractivity contribution in [3.05, 3.63) is 29.1 Å². The van der Waals surface area contributed by atoms with Gasteiger partial charge in [-0.3, -0.25) is 14.6 Å². The van der Waals surface area contributed by atoms with Gasteiger partial charge in [-0.2, -0.15) is 11.8 Å². The van der Waals surface area contributed by atoms with E-state index < -0.39 is 0 Å². The molecule has 0 aliphatic carbocycles. The average Bonchev–Trinajstić information content (AvgIpc) is 2.73. The van der Waals surface area contributed by atoms with Crippen LogP contribution in [0.1, 0.15) is 28.2 Å². The minimum absolute atomic E-state index is 0.0177. The van der Waals surface area contributed by atoms with Crippen LogP contribution < -0.4 is 0 Å². The lowest BCUT2D eigenvalue weighted by Crippen LogP contribution is -2.38. The van der Waals surface area contributed by atoms with Crippen LogP contribution in [0, 0.1) is 13.8 Å². The molecule has 0 atom stereocenters. The maximum Gasteiger partial charge on any atom is 0.255 e. The van der Waals surface area contributed by atoms with Gasteiger partial charge >= 0.3 is 0 Å². The Hall–Kier alpha value is -1.56. The molecule has 2 heterocycles. The summed E-state index contributed by atoms with van der Waals surface area (Å²) >= 11 is 1.54. The number of nitrogens with zero attached hydrogens (tertiary/aromatic N) is 3. The van der Waals surface area contributed by atoms with Crippen LogP contribution in [-0.2, 0) is 4.79 Å². The van der Waals surface area contributed by atoms with Crippen molar-refractivity contribution in [1.29, 1.82) is 0 Å². The lowest BCUT2D eigenvalue weighted by atomic mass is 10.1. The summed E-state index contributed by atoms with van der Waals surface area (Å²) in [5, 5.41) is 0. The standard InChI is InChI=1S/C16H23N3O2S/c1-12-5-6-14(13(2)17-12)16(21)19-8-4-7-18(9-10-19)15(20)11-22-3/h5-6H,4,7-11H2,1-3H3. The molecule has 6 heteroatoms. The van der Waals surface area contributed by atoms with E-state index >= 15 is 0 Å². The Kier molecular flexibility index (Phi) is 5.83. The molecule has 0 unspecified atom stereocenters. The van der Waals surface area contributed by atoms with Gasteiger partial charge < -0.3 is 9.80 Å². The zero-order valence-electron chi connectivity index (χ0n) is 13.5. The molecule has 0 saturated carbocycles. The number of carbonyl (C=O) groups excluding carboxylic acids is 2. The van der Waals surface area contributed by atoms with Gasteiger partial charge in [0.05, 0.1) is 17.0 Å². The summed E-state index contributed by atoms with van der Waals surface area (Å²) in [4.78, 5) is 32.7. The first-order valence-electron chi connectivity index (χ1n) is 7.53. The second-order valence-electron chi connectivity index (χ2n) is 5.55. The molecule has 1 aromatic rings. The number of pyridine rings is 1. The van der Waals surface area contributed by atoms with Crippen molar-refractivity contribution in [3.8, 4) is 0 Å². The monoisotopic (exact) mass is 321 g/mol. The van der Waals surface area contributed by atoms with Gasteiger partial charge in [0, 0.05) is 31.9 Å². The number of hydrogen-bond acceptors (Lipinski definition) is 4. The Morgan fingerprint density at radius 3 is 2.50 bits per heavy atom. The Bertz CT molecular complexity index is 562. The zero-order chi connectivity index (χ0) is 16.1. The molecule has 0 aromatic carbocycles. The minimum atomic E-state index is 0.0177. The van der Waals surface area contributed by atoms with Gasteiger partial charge in [-0.05, 0) is 38.7 Å². The van der Waals surface area contributed by atoms with Crippen LogP contribution in [-0.4, -0.2) is 64.8 Å². The predicted octanol–water partition coefficient (Wildman–Crippen LogP) is 1.74. The smallest absolute Gasteiger partial charge is 0.255 e. The van der Waals surface area contributed by atoms with E-state index in [2.05, 4.69) is 4.98 Å². The number of carbonyl (C=O) groups is 2. The molecule has 0 N–H and O–H groups in total. The number of thioether (sulfide) groups is 1. The fourth-order valence-corrected chi connectivity index (χ4v) is 3.10. The Morgan fingerprint density at radius 2 is 1.82 bits per heavy atom. The number of rotatable bonds is 3. The SMILES string of the molecule is CSCC(=O)N1CCCN(C(=O)c2ccc(C)nc2C)CC1. The highest BCUT2D eigenvalue weighted by atomic mass is 32.2. The molecule has 120 valence electrons. The van der Waals surface area contributed by atoms with E-state index in [0.717, 1.165) is 24.4 Å². The molecule has 1 saturated heterocycles. The second kappa shape index (κ2) is 7.63. The first-order valence-corrected chi connectivity index (χ1v) is 8.92. The van der Waals surface area contributed by atoms with Gasteiger partial charge in [-0.1, -0.05) is 0 Å². The van der Waals surface area contributed by atoms with Gasteiger partial charge in [0.1, 0.15) is 0 Å². The molecule has 5 nitrogen and oxygen atoms in total. The van der Waals surface area contributed by atoms with Crippen molar-refractivity contribution < 1.29 is 9.59 Å². The van der Waals surface area contributed by atoms with Crippen molar-refractivity contribution in [1.82, 2.24) is 14.8 Å². The summed E-state index contributed by atoms with van der Waals surface area (Å²) in [6.07, 6.45) is 2.75. The van der Waals surface area contributed by atoms with Crippen LogP contribution in [0.5, 0.6) is 0 Å². The molecule has 1 aliphatic heterocycles. The minimum Gasteiger partial charge on any atom is -0.340 e. The molecule has 22 heavy (non-hydrogen) atoms. The second-order valence-corrected chi connectivity index (χ2v) is 6.41.